The topological polar surface area (TPSA) is 61.6 Å². The second-order valence-corrected chi connectivity index (χ2v) is 6.91. The standard InChI is InChI=1S/C18H22N4O2/c1-11-4-5-15-13(8-11)14-10-21(3)7-6-16(14)22(15)18(23)19-17-9-12(2)24-20-17/h4-5,8-9,14,16H,6-7,10H2,1-3H3,(H,19,20,23). The Kier molecular flexibility index (Phi) is 3.57. The summed E-state index contributed by atoms with van der Waals surface area (Å²) in [7, 11) is 2.15. The molecule has 0 spiro atoms. The number of urea groups is 1. The van der Waals surface area contributed by atoms with Crippen LogP contribution in [0.1, 0.15) is 29.2 Å². The normalized spacial score (nSPS) is 23.0. The van der Waals surface area contributed by atoms with E-state index in [1.807, 2.05) is 11.8 Å². The van der Waals surface area contributed by atoms with Crippen molar-refractivity contribution in [2.24, 2.45) is 0 Å². The van der Waals surface area contributed by atoms with Gasteiger partial charge in [-0.25, -0.2) is 4.79 Å². The van der Waals surface area contributed by atoms with Crippen LogP contribution in [0.15, 0.2) is 28.8 Å². The third kappa shape index (κ3) is 2.47. The summed E-state index contributed by atoms with van der Waals surface area (Å²) in [5, 5.41) is 6.74. The third-order valence-electron chi connectivity index (χ3n) is 5.03. The molecule has 6 heteroatoms. The van der Waals surface area contributed by atoms with Gasteiger partial charge in [-0.15, -0.1) is 0 Å². The van der Waals surface area contributed by atoms with E-state index in [2.05, 4.69) is 47.5 Å². The van der Waals surface area contributed by atoms with Crippen molar-refractivity contribution in [3.8, 4) is 0 Å². The summed E-state index contributed by atoms with van der Waals surface area (Å²) in [5.74, 6) is 1.51. The number of hydrogen-bond acceptors (Lipinski definition) is 4. The quantitative estimate of drug-likeness (QED) is 0.874. The molecule has 1 aromatic carbocycles. The average molecular weight is 326 g/mol. The van der Waals surface area contributed by atoms with E-state index in [1.165, 1.54) is 11.1 Å². The zero-order valence-corrected chi connectivity index (χ0v) is 14.2. The number of aryl methyl sites for hydroxylation is 2. The lowest BCUT2D eigenvalue weighted by molar-refractivity contribution is 0.224. The van der Waals surface area contributed by atoms with Crippen molar-refractivity contribution in [3.05, 3.63) is 41.2 Å². The molecule has 0 radical (unpaired) electrons. The van der Waals surface area contributed by atoms with Gasteiger partial charge in [-0.05, 0) is 45.5 Å². The van der Waals surface area contributed by atoms with Crippen molar-refractivity contribution >= 4 is 17.5 Å². The molecule has 2 aliphatic heterocycles. The van der Waals surface area contributed by atoms with Gasteiger partial charge in [0.05, 0.1) is 0 Å². The minimum Gasteiger partial charge on any atom is -0.360 e. The molecule has 1 aromatic heterocycles. The zero-order chi connectivity index (χ0) is 16.8. The molecule has 6 nitrogen and oxygen atoms in total. The molecule has 0 bridgehead atoms. The van der Waals surface area contributed by atoms with Gasteiger partial charge in [-0.3, -0.25) is 10.2 Å². The van der Waals surface area contributed by atoms with Crippen molar-refractivity contribution in [2.45, 2.75) is 32.2 Å². The Morgan fingerprint density at radius 3 is 2.92 bits per heavy atom. The number of carbonyl (C=O) groups is 1. The summed E-state index contributed by atoms with van der Waals surface area (Å²) in [5.41, 5.74) is 3.52. The first kappa shape index (κ1) is 15.2. The fourth-order valence-electron chi connectivity index (χ4n) is 3.94. The van der Waals surface area contributed by atoms with Crippen LogP contribution in [-0.4, -0.2) is 42.3 Å². The summed E-state index contributed by atoms with van der Waals surface area (Å²) in [6.07, 6.45) is 0.972. The van der Waals surface area contributed by atoms with Crippen molar-refractivity contribution < 1.29 is 9.32 Å². The van der Waals surface area contributed by atoms with E-state index in [4.69, 9.17) is 4.52 Å². The number of nitrogens with zero attached hydrogens (tertiary/aromatic N) is 3. The SMILES string of the molecule is Cc1ccc2c(c1)C1CN(C)CCC1N2C(=O)Nc1cc(C)on1. The summed E-state index contributed by atoms with van der Waals surface area (Å²) in [4.78, 5) is 17.2. The molecule has 2 aliphatic rings. The summed E-state index contributed by atoms with van der Waals surface area (Å²) < 4.78 is 5.04. The average Bonchev–Trinajstić information content (AvgIpc) is 3.08. The monoisotopic (exact) mass is 326 g/mol. The molecule has 126 valence electrons. The highest BCUT2D eigenvalue weighted by Crippen LogP contribution is 2.45. The number of nitrogens with one attached hydrogen (secondary N) is 1. The fourth-order valence-corrected chi connectivity index (χ4v) is 3.94. The Hall–Kier alpha value is -2.34. The second-order valence-electron chi connectivity index (χ2n) is 6.91. The van der Waals surface area contributed by atoms with Gasteiger partial charge in [0.25, 0.3) is 0 Å². The maximum absolute atomic E-state index is 12.9. The van der Waals surface area contributed by atoms with Crippen LogP contribution in [-0.2, 0) is 0 Å². The van der Waals surface area contributed by atoms with E-state index in [1.54, 1.807) is 6.07 Å². The lowest BCUT2D eigenvalue weighted by Gasteiger charge is -2.36. The minimum atomic E-state index is -0.134. The number of rotatable bonds is 1. The maximum Gasteiger partial charge on any atom is 0.327 e. The Morgan fingerprint density at radius 1 is 1.33 bits per heavy atom. The molecule has 1 fully saturated rings. The van der Waals surface area contributed by atoms with E-state index >= 15 is 0 Å². The summed E-state index contributed by atoms with van der Waals surface area (Å²) in [6, 6.07) is 8.16. The van der Waals surface area contributed by atoms with Crippen LogP contribution in [0.3, 0.4) is 0 Å². The minimum absolute atomic E-state index is 0.134. The van der Waals surface area contributed by atoms with E-state index in [9.17, 15) is 4.79 Å². The lowest BCUT2D eigenvalue weighted by atomic mass is 9.89. The van der Waals surface area contributed by atoms with Crippen molar-refractivity contribution in [3.63, 3.8) is 0 Å². The van der Waals surface area contributed by atoms with Crippen molar-refractivity contribution in [1.29, 1.82) is 0 Å². The lowest BCUT2D eigenvalue weighted by Crippen LogP contribution is -2.48. The van der Waals surface area contributed by atoms with Gasteiger partial charge < -0.3 is 9.42 Å². The smallest absolute Gasteiger partial charge is 0.327 e. The molecule has 4 rings (SSSR count). The number of hydrogen-bond donors (Lipinski definition) is 1. The second kappa shape index (κ2) is 5.63. The molecule has 2 amide bonds. The first-order valence-electron chi connectivity index (χ1n) is 8.35. The van der Waals surface area contributed by atoms with E-state index in [0.717, 1.165) is 25.2 Å². The van der Waals surface area contributed by atoms with Crippen LogP contribution >= 0.6 is 0 Å². The Balaban J connectivity index is 1.68. The Bertz CT molecular complexity index is 785. The van der Waals surface area contributed by atoms with Gasteiger partial charge in [-0.2, -0.15) is 0 Å². The summed E-state index contributed by atoms with van der Waals surface area (Å²) >= 11 is 0. The first-order valence-corrected chi connectivity index (χ1v) is 8.35. The van der Waals surface area contributed by atoms with Crippen LogP contribution in [0.5, 0.6) is 0 Å². The van der Waals surface area contributed by atoms with Crippen LogP contribution in [0.2, 0.25) is 0 Å². The number of amides is 2. The number of anilines is 2. The van der Waals surface area contributed by atoms with Crippen LogP contribution < -0.4 is 10.2 Å². The number of carbonyl (C=O) groups excluding carboxylic acids is 1. The molecular weight excluding hydrogens is 304 g/mol. The highest BCUT2D eigenvalue weighted by Gasteiger charge is 2.44. The number of benzene rings is 1. The highest BCUT2D eigenvalue weighted by molar-refractivity contribution is 6.03. The molecular formula is C18H22N4O2. The predicted molar refractivity (Wildman–Crippen MR) is 92.6 cm³/mol. The van der Waals surface area contributed by atoms with Gasteiger partial charge in [0.15, 0.2) is 5.82 Å². The zero-order valence-electron chi connectivity index (χ0n) is 14.2. The molecule has 24 heavy (non-hydrogen) atoms. The van der Waals surface area contributed by atoms with E-state index in [0.29, 0.717) is 17.5 Å². The molecule has 1 saturated heterocycles. The van der Waals surface area contributed by atoms with Crippen LogP contribution in [0.4, 0.5) is 16.3 Å². The van der Waals surface area contributed by atoms with Gasteiger partial charge in [-0.1, -0.05) is 22.9 Å². The third-order valence-corrected chi connectivity index (χ3v) is 5.03. The Labute approximate surface area is 141 Å². The molecule has 0 aliphatic carbocycles. The highest BCUT2D eigenvalue weighted by atomic mass is 16.5. The number of piperidine rings is 1. The van der Waals surface area contributed by atoms with E-state index in [-0.39, 0.29) is 12.1 Å². The largest absolute Gasteiger partial charge is 0.360 e. The van der Waals surface area contributed by atoms with Crippen LogP contribution in [0.25, 0.3) is 0 Å². The summed E-state index contributed by atoms with van der Waals surface area (Å²) in [6.45, 7) is 5.89. The maximum atomic E-state index is 12.9. The van der Waals surface area contributed by atoms with Gasteiger partial charge in [0.1, 0.15) is 5.76 Å². The number of aromatic nitrogens is 1. The van der Waals surface area contributed by atoms with Gasteiger partial charge >= 0.3 is 6.03 Å². The van der Waals surface area contributed by atoms with Gasteiger partial charge in [0, 0.05) is 30.3 Å². The molecule has 2 unspecified atom stereocenters. The number of likely N-dealkylation sites (N-methyl/N-ethyl adjacent to an activating group) is 1. The van der Waals surface area contributed by atoms with Crippen LogP contribution in [0, 0.1) is 13.8 Å². The van der Waals surface area contributed by atoms with Gasteiger partial charge in [0.2, 0.25) is 0 Å². The van der Waals surface area contributed by atoms with Crippen molar-refractivity contribution in [1.82, 2.24) is 10.1 Å². The number of likely N-dealkylation sites (tertiary alicyclic amines) is 1. The molecule has 2 aromatic rings. The molecule has 3 heterocycles. The predicted octanol–water partition coefficient (Wildman–Crippen LogP) is 3.13. The number of fused-ring (bicyclic) bond motifs is 3. The molecule has 0 saturated carbocycles. The molecule has 2 atom stereocenters. The molecule has 1 N–H and O–H groups in total. The van der Waals surface area contributed by atoms with Crippen molar-refractivity contribution in [2.75, 3.05) is 30.4 Å². The van der Waals surface area contributed by atoms with E-state index < -0.39 is 0 Å². The Morgan fingerprint density at radius 2 is 2.17 bits per heavy atom. The first-order chi connectivity index (χ1) is 11.5. The fraction of sp³-hybridized carbons (Fsp3) is 0.444.